The van der Waals surface area contributed by atoms with Crippen LogP contribution in [0, 0.1) is 0 Å². The fourth-order valence-corrected chi connectivity index (χ4v) is 2.18. The largest absolute Gasteiger partial charge is 0.486 e. The average molecular weight is 305 g/mol. The van der Waals surface area contributed by atoms with Crippen LogP contribution in [0.1, 0.15) is 18.6 Å². The van der Waals surface area contributed by atoms with Crippen molar-refractivity contribution in [1.82, 2.24) is 4.90 Å². The Balaban J connectivity index is 2.03. The number of ether oxygens (including phenoxy) is 2. The minimum absolute atomic E-state index is 0.0876. The van der Waals surface area contributed by atoms with Crippen LogP contribution in [0.4, 0.5) is 13.2 Å². The number of nitrogens with zero attached hydrogens (tertiary/aromatic N) is 1. The Morgan fingerprint density at radius 3 is 2.52 bits per heavy atom. The number of likely N-dealkylation sites (N-methyl/N-ethyl adjacent to an activating group) is 1. The van der Waals surface area contributed by atoms with E-state index in [4.69, 9.17) is 9.47 Å². The van der Waals surface area contributed by atoms with Gasteiger partial charge in [-0.15, -0.1) is 0 Å². The molecule has 0 bridgehead atoms. The van der Waals surface area contributed by atoms with E-state index in [0.29, 0.717) is 30.3 Å². The quantitative estimate of drug-likeness (QED) is 0.907. The molecule has 0 spiro atoms. The Kier molecular flexibility index (Phi) is 4.95. The number of aliphatic hydroxyl groups excluding tert-OH is 1. The summed E-state index contributed by atoms with van der Waals surface area (Å²) in [6.07, 6.45) is -5.29. The van der Waals surface area contributed by atoms with E-state index in [1.807, 2.05) is 0 Å². The lowest BCUT2D eigenvalue weighted by molar-refractivity contribution is -0.148. The molecule has 118 valence electrons. The van der Waals surface area contributed by atoms with Crippen molar-refractivity contribution in [2.75, 3.05) is 32.8 Å². The SMILES string of the molecule is CCN(CC(O)c1ccc2c(c1)OCCO2)CC(F)(F)F. The van der Waals surface area contributed by atoms with E-state index in [1.54, 1.807) is 25.1 Å². The number of fused-ring (bicyclic) bond motifs is 1. The van der Waals surface area contributed by atoms with Gasteiger partial charge in [-0.1, -0.05) is 13.0 Å². The predicted octanol–water partition coefficient (Wildman–Crippen LogP) is 2.38. The van der Waals surface area contributed by atoms with Crippen LogP contribution in [0.25, 0.3) is 0 Å². The van der Waals surface area contributed by atoms with E-state index in [0.717, 1.165) is 4.90 Å². The Morgan fingerprint density at radius 1 is 1.24 bits per heavy atom. The van der Waals surface area contributed by atoms with E-state index in [9.17, 15) is 18.3 Å². The maximum absolute atomic E-state index is 12.4. The second kappa shape index (κ2) is 6.53. The van der Waals surface area contributed by atoms with Gasteiger partial charge in [0.15, 0.2) is 11.5 Å². The summed E-state index contributed by atoms with van der Waals surface area (Å²) in [6, 6.07) is 4.91. The molecule has 21 heavy (non-hydrogen) atoms. The molecule has 0 saturated carbocycles. The van der Waals surface area contributed by atoms with Gasteiger partial charge in [-0.25, -0.2) is 0 Å². The average Bonchev–Trinajstić information content (AvgIpc) is 2.44. The van der Waals surface area contributed by atoms with Gasteiger partial charge in [0.05, 0.1) is 12.6 Å². The van der Waals surface area contributed by atoms with E-state index in [-0.39, 0.29) is 13.1 Å². The Bertz CT molecular complexity index is 479. The molecule has 0 saturated heterocycles. The number of aliphatic hydroxyl groups is 1. The van der Waals surface area contributed by atoms with E-state index in [2.05, 4.69) is 0 Å². The molecule has 0 amide bonds. The molecule has 1 aromatic rings. The number of hydrogen-bond acceptors (Lipinski definition) is 4. The minimum Gasteiger partial charge on any atom is -0.486 e. The van der Waals surface area contributed by atoms with Crippen molar-refractivity contribution >= 4 is 0 Å². The summed E-state index contributed by atoms with van der Waals surface area (Å²) in [6.45, 7) is 1.59. The van der Waals surface area contributed by atoms with Crippen molar-refractivity contribution in [3.05, 3.63) is 23.8 Å². The molecule has 0 aliphatic carbocycles. The third-order valence-electron chi connectivity index (χ3n) is 3.23. The molecule has 2 rings (SSSR count). The Labute approximate surface area is 121 Å². The van der Waals surface area contributed by atoms with E-state index < -0.39 is 18.8 Å². The molecule has 1 aliphatic heterocycles. The molecule has 4 nitrogen and oxygen atoms in total. The van der Waals surface area contributed by atoms with Crippen LogP contribution in [-0.2, 0) is 0 Å². The van der Waals surface area contributed by atoms with Crippen LogP contribution in [-0.4, -0.2) is 49.0 Å². The minimum atomic E-state index is -4.28. The number of benzene rings is 1. The second-order valence-electron chi connectivity index (χ2n) is 4.86. The third kappa shape index (κ3) is 4.50. The normalized spacial score (nSPS) is 16.1. The Hall–Kier alpha value is -1.47. The molecule has 0 fully saturated rings. The number of rotatable bonds is 5. The highest BCUT2D eigenvalue weighted by Gasteiger charge is 2.31. The van der Waals surface area contributed by atoms with E-state index in [1.165, 1.54) is 0 Å². The topological polar surface area (TPSA) is 41.9 Å². The van der Waals surface area contributed by atoms with Gasteiger partial charge in [0.25, 0.3) is 0 Å². The molecule has 1 aromatic carbocycles. The van der Waals surface area contributed by atoms with Gasteiger partial charge in [0.1, 0.15) is 13.2 Å². The van der Waals surface area contributed by atoms with Crippen molar-refractivity contribution in [2.45, 2.75) is 19.2 Å². The van der Waals surface area contributed by atoms with Crippen LogP contribution >= 0.6 is 0 Å². The Morgan fingerprint density at radius 2 is 1.90 bits per heavy atom. The summed E-state index contributed by atoms with van der Waals surface area (Å²) < 4.78 is 48.0. The summed E-state index contributed by atoms with van der Waals surface area (Å²) in [5, 5.41) is 10.1. The van der Waals surface area contributed by atoms with E-state index >= 15 is 0 Å². The molecule has 1 aliphatic rings. The first kappa shape index (κ1) is 15.9. The second-order valence-corrected chi connectivity index (χ2v) is 4.86. The van der Waals surface area contributed by atoms with Gasteiger partial charge in [0.2, 0.25) is 0 Å². The van der Waals surface area contributed by atoms with Gasteiger partial charge >= 0.3 is 6.18 Å². The monoisotopic (exact) mass is 305 g/mol. The van der Waals surface area contributed by atoms with Gasteiger partial charge in [0, 0.05) is 6.54 Å². The first-order chi connectivity index (χ1) is 9.89. The molecule has 1 atom stereocenters. The molecule has 1 unspecified atom stereocenters. The predicted molar refractivity (Wildman–Crippen MR) is 70.6 cm³/mol. The lowest BCUT2D eigenvalue weighted by Gasteiger charge is -2.25. The van der Waals surface area contributed by atoms with Gasteiger partial charge in [-0.05, 0) is 24.2 Å². The zero-order valence-corrected chi connectivity index (χ0v) is 11.7. The fourth-order valence-electron chi connectivity index (χ4n) is 2.18. The standard InChI is InChI=1S/C14H18F3NO3/c1-2-18(9-14(15,16)17)8-11(19)10-3-4-12-13(7-10)21-6-5-20-12/h3-4,7,11,19H,2,5-6,8-9H2,1H3. The van der Waals surface area contributed by atoms with Crippen molar-refractivity contribution in [2.24, 2.45) is 0 Å². The highest BCUT2D eigenvalue weighted by atomic mass is 19.4. The summed E-state index contributed by atoms with van der Waals surface area (Å²) >= 11 is 0. The molecule has 0 aromatic heterocycles. The van der Waals surface area contributed by atoms with Crippen molar-refractivity contribution < 1.29 is 27.8 Å². The van der Waals surface area contributed by atoms with Crippen molar-refractivity contribution in [3.8, 4) is 11.5 Å². The van der Waals surface area contributed by atoms with Gasteiger partial charge < -0.3 is 14.6 Å². The van der Waals surface area contributed by atoms with Gasteiger partial charge in [-0.2, -0.15) is 13.2 Å². The summed E-state index contributed by atoms with van der Waals surface area (Å²) in [5.74, 6) is 1.09. The first-order valence-corrected chi connectivity index (χ1v) is 6.76. The third-order valence-corrected chi connectivity index (χ3v) is 3.23. The molecular weight excluding hydrogens is 287 g/mol. The lowest BCUT2D eigenvalue weighted by atomic mass is 10.1. The summed E-state index contributed by atoms with van der Waals surface area (Å²) in [7, 11) is 0. The highest BCUT2D eigenvalue weighted by molar-refractivity contribution is 5.44. The molecule has 7 heteroatoms. The molecule has 0 radical (unpaired) electrons. The van der Waals surface area contributed by atoms with Crippen LogP contribution < -0.4 is 9.47 Å². The smallest absolute Gasteiger partial charge is 0.401 e. The molecule has 1 heterocycles. The van der Waals surface area contributed by atoms with Crippen LogP contribution in [0.5, 0.6) is 11.5 Å². The molecular formula is C14H18F3NO3. The van der Waals surface area contributed by atoms with Gasteiger partial charge in [-0.3, -0.25) is 4.90 Å². The van der Waals surface area contributed by atoms with Crippen LogP contribution in [0.3, 0.4) is 0 Å². The lowest BCUT2D eigenvalue weighted by Crippen LogP contribution is -2.36. The number of alkyl halides is 3. The zero-order chi connectivity index (χ0) is 15.5. The number of hydrogen-bond donors (Lipinski definition) is 1. The molecule has 1 N–H and O–H groups in total. The summed E-state index contributed by atoms with van der Waals surface area (Å²) in [5.41, 5.74) is 0.514. The van der Waals surface area contributed by atoms with Crippen LogP contribution in [0.15, 0.2) is 18.2 Å². The van der Waals surface area contributed by atoms with Crippen molar-refractivity contribution in [1.29, 1.82) is 0 Å². The fraction of sp³-hybridized carbons (Fsp3) is 0.571. The summed E-state index contributed by atoms with van der Waals surface area (Å²) in [4.78, 5) is 1.15. The number of halogens is 3. The maximum Gasteiger partial charge on any atom is 0.401 e. The maximum atomic E-state index is 12.4. The zero-order valence-electron chi connectivity index (χ0n) is 11.7. The van der Waals surface area contributed by atoms with Crippen molar-refractivity contribution in [3.63, 3.8) is 0 Å². The van der Waals surface area contributed by atoms with Crippen LogP contribution in [0.2, 0.25) is 0 Å². The first-order valence-electron chi connectivity index (χ1n) is 6.76. The highest BCUT2D eigenvalue weighted by Crippen LogP contribution is 2.33.